The van der Waals surface area contributed by atoms with Crippen LogP contribution in [-0.4, -0.2) is 9.85 Å². The average Bonchev–Trinajstić information content (AvgIpc) is 2.58. The zero-order chi connectivity index (χ0) is 17.4. The first-order chi connectivity index (χ1) is 11.6. The molecule has 0 spiro atoms. The number of nitrogens with zero attached hydrogens (tertiary/aromatic N) is 2. The minimum absolute atomic E-state index is 0.0394. The second kappa shape index (κ2) is 8.19. The highest BCUT2D eigenvalue weighted by molar-refractivity contribution is 5.63. The van der Waals surface area contributed by atoms with Crippen molar-refractivity contribution in [1.82, 2.24) is 0 Å². The van der Waals surface area contributed by atoms with Gasteiger partial charge in [-0.25, -0.2) is 0 Å². The topological polar surface area (TPSA) is 86.3 Å². The first-order valence-corrected chi connectivity index (χ1v) is 7.08. The molecule has 2 aromatic rings. The highest BCUT2D eigenvalue weighted by Gasteiger charge is 2.09. The summed E-state index contributed by atoms with van der Waals surface area (Å²) in [5.41, 5.74) is 1.10. The van der Waals surface area contributed by atoms with E-state index in [4.69, 9.17) is 0 Å². The molecule has 6 nitrogen and oxygen atoms in total. The summed E-state index contributed by atoms with van der Waals surface area (Å²) in [6.45, 7) is 0. The Morgan fingerprint density at radius 2 is 1.00 bits per heavy atom. The molecule has 2 rings (SSSR count). The van der Waals surface area contributed by atoms with Gasteiger partial charge in [0.15, 0.2) is 0 Å². The molecule has 120 valence electrons. The van der Waals surface area contributed by atoms with Crippen LogP contribution in [0.15, 0.2) is 72.8 Å². The molecule has 0 aliphatic rings. The fourth-order valence-corrected chi connectivity index (χ4v) is 2.04. The van der Waals surface area contributed by atoms with E-state index in [1.165, 1.54) is 12.1 Å². The second-order valence-corrected chi connectivity index (χ2v) is 4.73. The predicted octanol–water partition coefficient (Wildman–Crippen LogP) is 4.79. The largest absolute Gasteiger partial charge is 0.276 e. The summed E-state index contributed by atoms with van der Waals surface area (Å²) in [4.78, 5) is 20.9. The molecule has 0 atom stereocenters. The highest BCUT2D eigenvalue weighted by atomic mass is 16.6. The molecule has 0 radical (unpaired) electrons. The van der Waals surface area contributed by atoms with E-state index in [-0.39, 0.29) is 11.4 Å². The van der Waals surface area contributed by atoms with Gasteiger partial charge >= 0.3 is 0 Å². The van der Waals surface area contributed by atoms with Crippen LogP contribution in [-0.2, 0) is 0 Å². The normalized spacial score (nSPS) is 11.5. The van der Waals surface area contributed by atoms with Gasteiger partial charge in [-0.15, -0.1) is 0 Å². The summed E-state index contributed by atoms with van der Waals surface area (Å²) in [5.74, 6) is 0. The van der Waals surface area contributed by atoms with Crippen molar-refractivity contribution in [3.05, 3.63) is 104 Å². The maximum absolute atomic E-state index is 10.9. The van der Waals surface area contributed by atoms with Crippen molar-refractivity contribution in [3.8, 4) is 0 Å². The number of nitro benzene ring substituents is 2. The summed E-state index contributed by atoms with van der Waals surface area (Å²) in [7, 11) is 0. The van der Waals surface area contributed by atoms with Gasteiger partial charge in [-0.2, -0.15) is 0 Å². The second-order valence-electron chi connectivity index (χ2n) is 4.73. The lowest BCUT2D eigenvalue weighted by Crippen LogP contribution is -1.90. The third-order valence-electron chi connectivity index (χ3n) is 3.15. The first-order valence-electron chi connectivity index (χ1n) is 7.08. The monoisotopic (exact) mass is 322 g/mol. The van der Waals surface area contributed by atoms with Crippen LogP contribution in [0.1, 0.15) is 11.1 Å². The maximum Gasteiger partial charge on any atom is 0.276 e. The molecule has 0 saturated heterocycles. The number of nitro groups is 2. The summed E-state index contributed by atoms with van der Waals surface area (Å²) in [6.07, 6.45) is 10.0. The van der Waals surface area contributed by atoms with Gasteiger partial charge in [-0.3, -0.25) is 20.2 Å². The lowest BCUT2D eigenvalue weighted by molar-refractivity contribution is -0.385. The van der Waals surface area contributed by atoms with Crippen LogP contribution in [0.5, 0.6) is 0 Å². The van der Waals surface area contributed by atoms with Crippen LogP contribution < -0.4 is 0 Å². The lowest BCUT2D eigenvalue weighted by Gasteiger charge is -1.95. The van der Waals surface area contributed by atoms with Crippen LogP contribution in [0, 0.1) is 20.2 Å². The molecule has 0 fully saturated rings. The standard InChI is InChI=1S/C18H14N2O4/c21-19(22)17-13-7-5-11-15(17)9-3-1-2-4-10-16-12-6-8-14-18(16)20(23)24/h1-14H/b2-1+,9-3+,10-4+. The minimum Gasteiger partial charge on any atom is -0.258 e. The molecule has 0 saturated carbocycles. The van der Waals surface area contributed by atoms with Gasteiger partial charge in [0.05, 0.1) is 21.0 Å². The van der Waals surface area contributed by atoms with Crippen LogP contribution in [0.4, 0.5) is 11.4 Å². The molecule has 0 aromatic heterocycles. The Kier molecular flexibility index (Phi) is 5.74. The van der Waals surface area contributed by atoms with E-state index in [2.05, 4.69) is 0 Å². The van der Waals surface area contributed by atoms with Gasteiger partial charge in [-0.1, -0.05) is 48.6 Å². The van der Waals surface area contributed by atoms with Gasteiger partial charge in [-0.05, 0) is 24.3 Å². The van der Waals surface area contributed by atoms with Gasteiger partial charge in [0.1, 0.15) is 0 Å². The van der Waals surface area contributed by atoms with Gasteiger partial charge in [0.25, 0.3) is 11.4 Å². The Bertz CT molecular complexity index is 769. The molecular formula is C18H14N2O4. The molecule has 0 aliphatic carbocycles. The smallest absolute Gasteiger partial charge is 0.258 e. The van der Waals surface area contributed by atoms with E-state index in [0.717, 1.165) is 0 Å². The fourth-order valence-electron chi connectivity index (χ4n) is 2.04. The number of hydrogen-bond acceptors (Lipinski definition) is 4. The van der Waals surface area contributed by atoms with E-state index < -0.39 is 9.85 Å². The summed E-state index contributed by atoms with van der Waals surface area (Å²) in [6, 6.07) is 12.9. The van der Waals surface area contributed by atoms with E-state index in [9.17, 15) is 20.2 Å². The maximum atomic E-state index is 10.9. The molecule has 0 amide bonds. The number of hydrogen-bond donors (Lipinski definition) is 0. The average molecular weight is 322 g/mol. The number of rotatable bonds is 6. The zero-order valence-corrected chi connectivity index (χ0v) is 12.6. The summed E-state index contributed by atoms with van der Waals surface area (Å²) in [5, 5.41) is 21.8. The summed E-state index contributed by atoms with van der Waals surface area (Å²) < 4.78 is 0. The highest BCUT2D eigenvalue weighted by Crippen LogP contribution is 2.20. The molecule has 0 aliphatic heterocycles. The minimum atomic E-state index is -0.433. The predicted molar refractivity (Wildman–Crippen MR) is 93.4 cm³/mol. The third kappa shape index (κ3) is 4.48. The zero-order valence-electron chi connectivity index (χ0n) is 12.6. The molecule has 0 heterocycles. The molecule has 6 heteroatoms. The molecule has 0 bridgehead atoms. The van der Waals surface area contributed by atoms with Crippen LogP contribution in [0.25, 0.3) is 12.2 Å². The molecule has 0 unspecified atom stereocenters. The number of allylic oxidation sites excluding steroid dienone is 4. The van der Waals surface area contributed by atoms with Crippen LogP contribution in [0.3, 0.4) is 0 Å². The van der Waals surface area contributed by atoms with Crippen molar-refractivity contribution in [2.45, 2.75) is 0 Å². The van der Waals surface area contributed by atoms with Crippen LogP contribution >= 0.6 is 0 Å². The van der Waals surface area contributed by atoms with Crippen molar-refractivity contribution in [2.24, 2.45) is 0 Å². The van der Waals surface area contributed by atoms with Gasteiger partial charge in [0, 0.05) is 12.1 Å². The molecule has 0 N–H and O–H groups in total. The van der Waals surface area contributed by atoms with Crippen molar-refractivity contribution in [2.75, 3.05) is 0 Å². The van der Waals surface area contributed by atoms with E-state index in [1.54, 1.807) is 72.9 Å². The van der Waals surface area contributed by atoms with Gasteiger partial charge in [0.2, 0.25) is 0 Å². The van der Waals surface area contributed by atoms with Crippen molar-refractivity contribution >= 4 is 23.5 Å². The van der Waals surface area contributed by atoms with Crippen molar-refractivity contribution in [1.29, 1.82) is 0 Å². The van der Waals surface area contributed by atoms with Gasteiger partial charge < -0.3 is 0 Å². The van der Waals surface area contributed by atoms with E-state index in [0.29, 0.717) is 11.1 Å². The Morgan fingerprint density at radius 3 is 1.38 bits per heavy atom. The third-order valence-corrected chi connectivity index (χ3v) is 3.15. The van der Waals surface area contributed by atoms with Crippen molar-refractivity contribution < 1.29 is 9.85 Å². The fraction of sp³-hybridized carbons (Fsp3) is 0. The van der Waals surface area contributed by atoms with Crippen LogP contribution in [0.2, 0.25) is 0 Å². The first kappa shape index (κ1) is 16.8. The van der Waals surface area contributed by atoms with E-state index >= 15 is 0 Å². The molecular weight excluding hydrogens is 308 g/mol. The molecule has 2 aromatic carbocycles. The Hall–Kier alpha value is -3.54. The quantitative estimate of drug-likeness (QED) is 0.435. The SMILES string of the molecule is O=[N+]([O-])c1ccccc1/C=C/C=C/C=C/c1ccccc1[N+](=O)[O-]. The Balaban J connectivity index is 2.06. The molecule has 24 heavy (non-hydrogen) atoms. The van der Waals surface area contributed by atoms with E-state index in [1.807, 2.05) is 0 Å². The number of para-hydroxylation sites is 2. The number of benzene rings is 2. The van der Waals surface area contributed by atoms with Crippen molar-refractivity contribution in [3.63, 3.8) is 0 Å². The summed E-state index contributed by atoms with van der Waals surface area (Å²) >= 11 is 0. The Morgan fingerprint density at radius 1 is 0.625 bits per heavy atom. The Labute approximate surface area is 138 Å². The lowest BCUT2D eigenvalue weighted by atomic mass is 10.1.